The number of hydrogen-bond acceptors (Lipinski definition) is 2. The van der Waals surface area contributed by atoms with E-state index in [1.807, 2.05) is 0 Å². The molecule has 1 aliphatic carbocycles. The Balaban J connectivity index is 1.72. The van der Waals surface area contributed by atoms with Gasteiger partial charge in [-0.1, -0.05) is 18.6 Å². The van der Waals surface area contributed by atoms with Gasteiger partial charge in [-0.2, -0.15) is 0 Å². The molecule has 2 aliphatic rings. The summed E-state index contributed by atoms with van der Waals surface area (Å²) in [6.07, 6.45) is 3.97. The van der Waals surface area contributed by atoms with Crippen molar-refractivity contribution in [1.29, 1.82) is 0 Å². The molecule has 110 valence electrons. The lowest BCUT2D eigenvalue weighted by Gasteiger charge is -2.20. The average Bonchev–Trinajstić information content (AvgIpc) is 2.78. The van der Waals surface area contributed by atoms with Crippen molar-refractivity contribution in [1.82, 2.24) is 5.32 Å². The van der Waals surface area contributed by atoms with E-state index in [1.54, 1.807) is 12.1 Å². The van der Waals surface area contributed by atoms with E-state index >= 15 is 0 Å². The summed E-state index contributed by atoms with van der Waals surface area (Å²) in [7, 11) is 0. The largest absolute Gasteiger partial charge is 0.346 e. The molecule has 1 fully saturated rings. The van der Waals surface area contributed by atoms with Crippen molar-refractivity contribution in [3.05, 3.63) is 41.2 Å². The normalized spacial score (nSPS) is 21.0. The Kier molecular flexibility index (Phi) is 3.73. The number of rotatable bonds is 3. The molecule has 5 heteroatoms. The highest BCUT2D eigenvalue weighted by atomic mass is 19.1. The smallest absolute Gasteiger partial charge is 0.248 e. The SMILES string of the molecule is O=C(CC1=C2CCCCC2NC1=O)Nc1ccccc1F. The molecule has 0 aromatic heterocycles. The molecule has 21 heavy (non-hydrogen) atoms. The monoisotopic (exact) mass is 288 g/mol. The fourth-order valence-corrected chi connectivity index (χ4v) is 3.04. The number of hydrogen-bond donors (Lipinski definition) is 2. The van der Waals surface area contributed by atoms with Gasteiger partial charge in [-0.15, -0.1) is 0 Å². The molecule has 1 aromatic carbocycles. The molecular formula is C16H17FN2O2. The Morgan fingerprint density at radius 3 is 2.95 bits per heavy atom. The first-order chi connectivity index (χ1) is 10.1. The summed E-state index contributed by atoms with van der Waals surface area (Å²) in [5.74, 6) is -0.987. The van der Waals surface area contributed by atoms with Gasteiger partial charge in [-0.05, 0) is 37.0 Å². The molecule has 2 N–H and O–H groups in total. The van der Waals surface area contributed by atoms with Crippen LogP contribution in [0.1, 0.15) is 32.1 Å². The van der Waals surface area contributed by atoms with E-state index in [1.165, 1.54) is 12.1 Å². The van der Waals surface area contributed by atoms with Crippen LogP contribution in [0.4, 0.5) is 10.1 Å². The summed E-state index contributed by atoms with van der Waals surface area (Å²) in [5, 5.41) is 5.44. The van der Waals surface area contributed by atoms with Crippen molar-refractivity contribution in [2.24, 2.45) is 0 Å². The maximum absolute atomic E-state index is 13.5. The summed E-state index contributed by atoms with van der Waals surface area (Å²) in [5.41, 5.74) is 1.77. The van der Waals surface area contributed by atoms with Gasteiger partial charge in [0.1, 0.15) is 5.82 Å². The number of benzene rings is 1. The van der Waals surface area contributed by atoms with E-state index < -0.39 is 5.82 Å². The van der Waals surface area contributed by atoms with Crippen LogP contribution in [0.15, 0.2) is 35.4 Å². The lowest BCUT2D eigenvalue weighted by molar-refractivity contribution is -0.120. The van der Waals surface area contributed by atoms with Crippen LogP contribution < -0.4 is 10.6 Å². The first kappa shape index (κ1) is 13.8. The Morgan fingerprint density at radius 1 is 1.33 bits per heavy atom. The Bertz CT molecular complexity index is 624. The van der Waals surface area contributed by atoms with Crippen LogP contribution in [0.25, 0.3) is 0 Å². The fourth-order valence-electron chi connectivity index (χ4n) is 3.04. The second-order valence-corrected chi connectivity index (χ2v) is 5.48. The molecule has 0 radical (unpaired) electrons. The standard InChI is InChI=1S/C16H17FN2O2/c17-12-6-2-4-8-14(12)18-15(20)9-11-10-5-1-3-7-13(10)19-16(11)21/h2,4,6,8,13H,1,3,5,7,9H2,(H,18,20)(H,19,21). The minimum atomic E-state index is -0.477. The van der Waals surface area contributed by atoms with Crippen LogP contribution in [-0.2, 0) is 9.59 Å². The van der Waals surface area contributed by atoms with Crippen LogP contribution in [0.5, 0.6) is 0 Å². The molecule has 2 amide bonds. The van der Waals surface area contributed by atoms with Crippen molar-refractivity contribution in [2.75, 3.05) is 5.32 Å². The highest BCUT2D eigenvalue weighted by molar-refractivity contribution is 6.04. The zero-order valence-corrected chi connectivity index (χ0v) is 11.6. The van der Waals surface area contributed by atoms with Gasteiger partial charge in [-0.3, -0.25) is 9.59 Å². The van der Waals surface area contributed by atoms with Gasteiger partial charge in [0.15, 0.2) is 0 Å². The molecule has 1 heterocycles. The number of fused-ring (bicyclic) bond motifs is 1. The number of amides is 2. The molecule has 1 atom stereocenters. The van der Waals surface area contributed by atoms with Gasteiger partial charge in [-0.25, -0.2) is 4.39 Å². The van der Waals surface area contributed by atoms with E-state index in [-0.39, 0.29) is 30.0 Å². The van der Waals surface area contributed by atoms with Crippen molar-refractivity contribution >= 4 is 17.5 Å². The molecule has 1 aromatic rings. The predicted octanol–water partition coefficient (Wildman–Crippen LogP) is 2.52. The molecule has 3 rings (SSSR count). The molecule has 1 unspecified atom stereocenters. The molecule has 0 bridgehead atoms. The van der Waals surface area contributed by atoms with E-state index in [4.69, 9.17) is 0 Å². The van der Waals surface area contributed by atoms with Gasteiger partial charge in [0, 0.05) is 5.57 Å². The number of carbonyl (C=O) groups excluding carboxylic acids is 2. The molecule has 1 saturated carbocycles. The van der Waals surface area contributed by atoms with E-state index in [2.05, 4.69) is 10.6 Å². The van der Waals surface area contributed by atoms with Gasteiger partial charge in [0.05, 0.1) is 18.2 Å². The third kappa shape index (κ3) is 2.82. The zero-order chi connectivity index (χ0) is 14.8. The number of anilines is 1. The third-order valence-electron chi connectivity index (χ3n) is 4.06. The summed E-state index contributed by atoms with van der Waals surface area (Å²) in [6, 6.07) is 6.11. The van der Waals surface area contributed by atoms with Crippen LogP contribution in [0, 0.1) is 5.82 Å². The van der Waals surface area contributed by atoms with Crippen molar-refractivity contribution < 1.29 is 14.0 Å². The Hall–Kier alpha value is -2.17. The molecule has 1 aliphatic heterocycles. The van der Waals surface area contributed by atoms with Crippen molar-refractivity contribution in [3.8, 4) is 0 Å². The first-order valence-electron chi connectivity index (χ1n) is 7.22. The molecular weight excluding hydrogens is 271 g/mol. The highest BCUT2D eigenvalue weighted by Crippen LogP contribution is 2.32. The minimum absolute atomic E-state index is 0.00595. The quantitative estimate of drug-likeness (QED) is 0.898. The van der Waals surface area contributed by atoms with Gasteiger partial charge >= 0.3 is 0 Å². The maximum atomic E-state index is 13.5. The maximum Gasteiger partial charge on any atom is 0.248 e. The predicted molar refractivity (Wildman–Crippen MR) is 77.1 cm³/mol. The summed E-state index contributed by atoms with van der Waals surface area (Å²) >= 11 is 0. The Morgan fingerprint density at radius 2 is 2.14 bits per heavy atom. The fraction of sp³-hybridized carbons (Fsp3) is 0.375. The van der Waals surface area contributed by atoms with Gasteiger partial charge in [0.2, 0.25) is 11.8 Å². The molecule has 4 nitrogen and oxygen atoms in total. The first-order valence-corrected chi connectivity index (χ1v) is 7.22. The summed E-state index contributed by atoms with van der Waals surface area (Å²) < 4.78 is 13.5. The van der Waals surface area contributed by atoms with Crippen LogP contribution in [0.2, 0.25) is 0 Å². The average molecular weight is 288 g/mol. The number of halogens is 1. The Labute approximate surface area is 122 Å². The lowest BCUT2D eigenvalue weighted by Crippen LogP contribution is -2.30. The van der Waals surface area contributed by atoms with Gasteiger partial charge < -0.3 is 10.6 Å². The second-order valence-electron chi connectivity index (χ2n) is 5.48. The number of para-hydroxylation sites is 1. The summed E-state index contributed by atoms with van der Waals surface area (Å²) in [6.45, 7) is 0. The third-order valence-corrected chi connectivity index (χ3v) is 4.06. The van der Waals surface area contributed by atoms with Gasteiger partial charge in [0.25, 0.3) is 0 Å². The van der Waals surface area contributed by atoms with Crippen LogP contribution >= 0.6 is 0 Å². The van der Waals surface area contributed by atoms with E-state index in [9.17, 15) is 14.0 Å². The molecule has 0 spiro atoms. The topological polar surface area (TPSA) is 58.2 Å². The van der Waals surface area contributed by atoms with Crippen LogP contribution in [0.3, 0.4) is 0 Å². The number of carbonyl (C=O) groups is 2. The summed E-state index contributed by atoms with van der Waals surface area (Å²) in [4.78, 5) is 24.0. The zero-order valence-electron chi connectivity index (χ0n) is 11.6. The lowest BCUT2D eigenvalue weighted by atomic mass is 9.88. The van der Waals surface area contributed by atoms with E-state index in [0.29, 0.717) is 5.57 Å². The van der Waals surface area contributed by atoms with E-state index in [0.717, 1.165) is 31.3 Å². The minimum Gasteiger partial charge on any atom is -0.346 e. The van der Waals surface area contributed by atoms with Crippen molar-refractivity contribution in [2.45, 2.75) is 38.1 Å². The second kappa shape index (κ2) is 5.68. The highest BCUT2D eigenvalue weighted by Gasteiger charge is 2.33. The van der Waals surface area contributed by atoms with Crippen molar-refractivity contribution in [3.63, 3.8) is 0 Å². The molecule has 0 saturated heterocycles. The van der Waals surface area contributed by atoms with Crippen LogP contribution in [-0.4, -0.2) is 17.9 Å². The number of nitrogens with one attached hydrogen (secondary N) is 2.